The van der Waals surface area contributed by atoms with Crippen LogP contribution in [-0.4, -0.2) is 19.9 Å². The highest BCUT2D eigenvalue weighted by atomic mass is 32.1. The maximum Gasteiger partial charge on any atom is 0.252 e. The van der Waals surface area contributed by atoms with Crippen molar-refractivity contribution in [1.29, 1.82) is 0 Å². The molecule has 0 radical (unpaired) electrons. The molecule has 3 heterocycles. The number of oxazole rings is 1. The summed E-state index contributed by atoms with van der Waals surface area (Å²) in [6, 6.07) is 0. The SMILES string of the molecule is CCCc1nc(CNc2nc(C)nc3oc(C)nc23)cs1. The molecule has 0 bridgehead atoms. The number of nitrogens with one attached hydrogen (secondary N) is 1. The Labute approximate surface area is 126 Å². The van der Waals surface area contributed by atoms with Crippen LogP contribution in [0.3, 0.4) is 0 Å². The molecule has 110 valence electrons. The van der Waals surface area contributed by atoms with Crippen molar-refractivity contribution >= 4 is 28.4 Å². The first kappa shape index (κ1) is 13.9. The Morgan fingerprint density at radius 2 is 2.05 bits per heavy atom. The van der Waals surface area contributed by atoms with Gasteiger partial charge in [-0.25, -0.2) is 15.0 Å². The van der Waals surface area contributed by atoms with Crippen molar-refractivity contribution in [1.82, 2.24) is 19.9 Å². The second-order valence-electron chi connectivity index (χ2n) is 4.84. The summed E-state index contributed by atoms with van der Waals surface area (Å²) in [6.45, 7) is 6.42. The van der Waals surface area contributed by atoms with E-state index in [9.17, 15) is 0 Å². The molecular weight excluding hydrogens is 286 g/mol. The number of nitrogens with zero attached hydrogens (tertiary/aromatic N) is 4. The Bertz CT molecular complexity index is 764. The molecule has 0 aromatic carbocycles. The van der Waals surface area contributed by atoms with Gasteiger partial charge in [0, 0.05) is 12.3 Å². The number of fused-ring (bicyclic) bond motifs is 1. The summed E-state index contributed by atoms with van der Waals surface area (Å²) >= 11 is 1.70. The molecule has 21 heavy (non-hydrogen) atoms. The van der Waals surface area contributed by atoms with E-state index in [2.05, 4.69) is 37.6 Å². The first-order valence-corrected chi connectivity index (χ1v) is 7.82. The Morgan fingerprint density at radius 1 is 1.19 bits per heavy atom. The fourth-order valence-electron chi connectivity index (χ4n) is 2.09. The molecule has 3 aromatic rings. The zero-order chi connectivity index (χ0) is 14.8. The van der Waals surface area contributed by atoms with Crippen LogP contribution in [0, 0.1) is 13.8 Å². The molecule has 0 atom stereocenters. The molecule has 0 aliphatic heterocycles. The molecule has 0 amide bonds. The first-order valence-electron chi connectivity index (χ1n) is 6.94. The second kappa shape index (κ2) is 5.77. The van der Waals surface area contributed by atoms with Gasteiger partial charge in [-0.1, -0.05) is 6.92 Å². The largest absolute Gasteiger partial charge is 0.422 e. The molecule has 0 unspecified atom stereocenters. The minimum Gasteiger partial charge on any atom is -0.422 e. The third-order valence-corrected chi connectivity index (χ3v) is 3.94. The van der Waals surface area contributed by atoms with Gasteiger partial charge >= 0.3 is 0 Å². The number of aromatic nitrogens is 4. The summed E-state index contributed by atoms with van der Waals surface area (Å²) in [7, 11) is 0. The molecule has 1 N–H and O–H groups in total. The number of aryl methyl sites for hydroxylation is 3. The van der Waals surface area contributed by atoms with E-state index in [1.54, 1.807) is 18.3 Å². The van der Waals surface area contributed by atoms with E-state index < -0.39 is 0 Å². The lowest BCUT2D eigenvalue weighted by Gasteiger charge is -2.04. The Kier molecular flexibility index (Phi) is 3.83. The number of rotatable bonds is 5. The van der Waals surface area contributed by atoms with Crippen LogP contribution in [0.2, 0.25) is 0 Å². The fraction of sp³-hybridized carbons (Fsp3) is 0.429. The molecular formula is C14H17N5OS. The quantitative estimate of drug-likeness (QED) is 0.779. The van der Waals surface area contributed by atoms with E-state index in [1.165, 1.54) is 5.01 Å². The number of hydrogen-bond acceptors (Lipinski definition) is 7. The Hall–Kier alpha value is -2.02. The third-order valence-electron chi connectivity index (χ3n) is 2.98. The summed E-state index contributed by atoms with van der Waals surface area (Å²) in [5.41, 5.74) is 2.21. The molecule has 7 heteroatoms. The lowest BCUT2D eigenvalue weighted by molar-refractivity contribution is 0.550. The Morgan fingerprint density at radius 3 is 2.86 bits per heavy atom. The molecule has 3 rings (SSSR count). The summed E-state index contributed by atoms with van der Waals surface area (Å²) in [5, 5.41) is 6.54. The zero-order valence-electron chi connectivity index (χ0n) is 12.3. The molecule has 6 nitrogen and oxygen atoms in total. The molecule has 0 aliphatic carbocycles. The van der Waals surface area contributed by atoms with Crippen molar-refractivity contribution in [3.8, 4) is 0 Å². The van der Waals surface area contributed by atoms with Crippen LogP contribution >= 0.6 is 11.3 Å². The predicted molar refractivity (Wildman–Crippen MR) is 82.5 cm³/mol. The summed E-state index contributed by atoms with van der Waals surface area (Å²) in [5.74, 6) is 1.94. The van der Waals surface area contributed by atoms with Gasteiger partial charge in [-0.3, -0.25) is 0 Å². The van der Waals surface area contributed by atoms with E-state index in [0.717, 1.165) is 18.5 Å². The zero-order valence-corrected chi connectivity index (χ0v) is 13.1. The standard InChI is InChI=1S/C14H17N5OS/c1-4-5-11-19-10(7-21-11)6-15-13-12-14(17-8(2)16-13)20-9(3)18-12/h7H,4-6H2,1-3H3,(H,15,16,17). The van der Waals surface area contributed by atoms with Crippen LogP contribution in [0.4, 0.5) is 5.82 Å². The highest BCUT2D eigenvalue weighted by molar-refractivity contribution is 7.09. The van der Waals surface area contributed by atoms with Crippen molar-refractivity contribution in [3.63, 3.8) is 0 Å². The van der Waals surface area contributed by atoms with E-state index in [-0.39, 0.29) is 0 Å². The molecule has 0 saturated heterocycles. The molecule has 0 aliphatic rings. The first-order chi connectivity index (χ1) is 10.2. The van der Waals surface area contributed by atoms with Crippen molar-refractivity contribution in [3.05, 3.63) is 27.8 Å². The lowest BCUT2D eigenvalue weighted by atomic mass is 10.3. The maximum atomic E-state index is 5.46. The van der Waals surface area contributed by atoms with E-state index in [1.807, 2.05) is 6.92 Å². The Balaban J connectivity index is 1.80. The lowest BCUT2D eigenvalue weighted by Crippen LogP contribution is -2.04. The third kappa shape index (κ3) is 3.02. The summed E-state index contributed by atoms with van der Waals surface area (Å²) in [6.07, 6.45) is 2.15. The average molecular weight is 303 g/mol. The average Bonchev–Trinajstić information content (AvgIpc) is 3.02. The number of thiazole rings is 1. The van der Waals surface area contributed by atoms with Gasteiger partial charge in [-0.15, -0.1) is 11.3 Å². The number of anilines is 1. The summed E-state index contributed by atoms with van der Waals surface area (Å²) < 4.78 is 5.46. The highest BCUT2D eigenvalue weighted by Gasteiger charge is 2.12. The van der Waals surface area contributed by atoms with Crippen molar-refractivity contribution < 1.29 is 4.42 Å². The van der Waals surface area contributed by atoms with Gasteiger partial charge in [0.2, 0.25) is 0 Å². The molecule has 0 saturated carbocycles. The minimum absolute atomic E-state index is 0.521. The topological polar surface area (TPSA) is 76.7 Å². The van der Waals surface area contributed by atoms with Crippen LogP contribution < -0.4 is 5.32 Å². The van der Waals surface area contributed by atoms with Gasteiger partial charge in [0.05, 0.1) is 17.2 Å². The minimum atomic E-state index is 0.521. The van der Waals surface area contributed by atoms with Gasteiger partial charge in [0.25, 0.3) is 5.71 Å². The molecule has 0 fully saturated rings. The highest BCUT2D eigenvalue weighted by Crippen LogP contribution is 2.21. The smallest absolute Gasteiger partial charge is 0.252 e. The second-order valence-corrected chi connectivity index (χ2v) is 5.78. The van der Waals surface area contributed by atoms with E-state index in [0.29, 0.717) is 35.3 Å². The normalized spacial score (nSPS) is 11.2. The van der Waals surface area contributed by atoms with Crippen molar-refractivity contribution in [2.45, 2.75) is 40.2 Å². The van der Waals surface area contributed by atoms with Crippen LogP contribution in [-0.2, 0) is 13.0 Å². The van der Waals surface area contributed by atoms with Crippen LogP contribution in [0.1, 0.15) is 35.8 Å². The summed E-state index contributed by atoms with van der Waals surface area (Å²) in [4.78, 5) is 17.6. The predicted octanol–water partition coefficient (Wildman–Crippen LogP) is 3.26. The maximum absolute atomic E-state index is 5.46. The van der Waals surface area contributed by atoms with Crippen molar-refractivity contribution in [2.24, 2.45) is 0 Å². The van der Waals surface area contributed by atoms with Crippen LogP contribution in [0.15, 0.2) is 9.80 Å². The van der Waals surface area contributed by atoms with Gasteiger partial charge in [-0.2, -0.15) is 4.98 Å². The van der Waals surface area contributed by atoms with Gasteiger partial charge in [0.1, 0.15) is 5.82 Å². The van der Waals surface area contributed by atoms with Crippen LogP contribution in [0.25, 0.3) is 11.2 Å². The van der Waals surface area contributed by atoms with Crippen LogP contribution in [0.5, 0.6) is 0 Å². The van der Waals surface area contributed by atoms with Gasteiger partial charge in [0.15, 0.2) is 17.2 Å². The fourth-order valence-corrected chi connectivity index (χ4v) is 2.99. The molecule has 0 spiro atoms. The van der Waals surface area contributed by atoms with Crippen molar-refractivity contribution in [2.75, 3.05) is 5.32 Å². The monoisotopic (exact) mass is 303 g/mol. The molecule has 3 aromatic heterocycles. The van der Waals surface area contributed by atoms with E-state index in [4.69, 9.17) is 4.42 Å². The van der Waals surface area contributed by atoms with Gasteiger partial charge in [-0.05, 0) is 19.8 Å². The van der Waals surface area contributed by atoms with E-state index >= 15 is 0 Å². The van der Waals surface area contributed by atoms with Gasteiger partial charge < -0.3 is 9.73 Å². The number of hydrogen-bond donors (Lipinski definition) is 1.